The average molecular weight is 385 g/mol. The van der Waals surface area contributed by atoms with Gasteiger partial charge in [-0.1, -0.05) is 6.92 Å². The molecule has 1 aliphatic heterocycles. The lowest BCUT2D eigenvalue weighted by Crippen LogP contribution is -2.48. The molecule has 2 heterocycles. The molecule has 1 unspecified atom stereocenters. The maximum Gasteiger partial charge on any atom is 0.269 e. The van der Waals surface area contributed by atoms with Gasteiger partial charge in [0.15, 0.2) is 0 Å². The minimum Gasteiger partial charge on any atom is -0.368 e. The lowest BCUT2D eigenvalue weighted by atomic mass is 9.90. The second kappa shape index (κ2) is 7.31. The molecule has 0 N–H and O–H groups in total. The highest BCUT2D eigenvalue weighted by Crippen LogP contribution is 2.33. The number of amides is 1. The quantitative estimate of drug-likeness (QED) is 0.596. The van der Waals surface area contributed by atoms with Crippen LogP contribution < -0.4 is 4.90 Å². The molecule has 7 heteroatoms. The number of hydrogen-bond donors (Lipinski definition) is 0. The zero-order chi connectivity index (χ0) is 19.0. The van der Waals surface area contributed by atoms with E-state index in [1.54, 1.807) is 23.5 Å². The van der Waals surface area contributed by atoms with Crippen LogP contribution >= 0.6 is 11.3 Å². The van der Waals surface area contributed by atoms with Gasteiger partial charge in [0, 0.05) is 48.9 Å². The van der Waals surface area contributed by atoms with Crippen LogP contribution in [0.2, 0.25) is 0 Å². The molecule has 1 saturated heterocycles. The molecule has 27 heavy (non-hydrogen) atoms. The molecular weight excluding hydrogens is 362 g/mol. The van der Waals surface area contributed by atoms with Gasteiger partial charge >= 0.3 is 0 Å². The van der Waals surface area contributed by atoms with Crippen LogP contribution in [0.4, 0.5) is 11.4 Å². The number of nitrogens with zero attached hydrogens (tertiary/aromatic N) is 3. The van der Waals surface area contributed by atoms with Crippen molar-refractivity contribution in [1.29, 1.82) is 0 Å². The van der Waals surface area contributed by atoms with Gasteiger partial charge in [0.2, 0.25) is 0 Å². The molecule has 0 bridgehead atoms. The number of carbonyl (C=O) groups is 1. The van der Waals surface area contributed by atoms with Gasteiger partial charge in [0.1, 0.15) is 0 Å². The molecule has 2 aromatic rings. The molecule has 1 fully saturated rings. The third-order valence-corrected chi connectivity index (χ3v) is 6.76. The summed E-state index contributed by atoms with van der Waals surface area (Å²) in [5.41, 5.74) is 2.43. The van der Waals surface area contributed by atoms with Crippen molar-refractivity contribution >= 4 is 28.6 Å². The number of anilines is 1. The van der Waals surface area contributed by atoms with Gasteiger partial charge in [-0.15, -0.1) is 11.3 Å². The number of thiophene rings is 1. The Balaban J connectivity index is 1.39. The first-order valence-corrected chi connectivity index (χ1v) is 10.2. The van der Waals surface area contributed by atoms with E-state index < -0.39 is 0 Å². The first kappa shape index (κ1) is 18.0. The monoisotopic (exact) mass is 385 g/mol. The van der Waals surface area contributed by atoms with E-state index in [2.05, 4.69) is 17.9 Å². The summed E-state index contributed by atoms with van der Waals surface area (Å²) in [6, 6.07) is 8.74. The van der Waals surface area contributed by atoms with Gasteiger partial charge in [-0.25, -0.2) is 0 Å². The molecule has 0 radical (unpaired) electrons. The van der Waals surface area contributed by atoms with Crippen LogP contribution in [0.5, 0.6) is 0 Å². The molecule has 1 amide bonds. The van der Waals surface area contributed by atoms with Crippen molar-refractivity contribution in [2.75, 3.05) is 31.1 Å². The van der Waals surface area contributed by atoms with E-state index in [0.29, 0.717) is 19.0 Å². The van der Waals surface area contributed by atoms with Crippen LogP contribution in [0.1, 0.15) is 33.5 Å². The Labute approximate surface area is 162 Å². The molecule has 1 aromatic carbocycles. The first-order valence-electron chi connectivity index (χ1n) is 9.41. The minimum absolute atomic E-state index is 0.101. The second-order valence-electron chi connectivity index (χ2n) is 7.46. The maximum absolute atomic E-state index is 12.9. The number of benzene rings is 1. The van der Waals surface area contributed by atoms with Crippen molar-refractivity contribution < 1.29 is 9.72 Å². The lowest BCUT2D eigenvalue weighted by molar-refractivity contribution is -0.384. The Morgan fingerprint density at radius 3 is 2.56 bits per heavy atom. The molecule has 2 aliphatic rings. The van der Waals surface area contributed by atoms with Gasteiger partial charge in [0.05, 0.1) is 9.80 Å². The molecule has 0 spiro atoms. The summed E-state index contributed by atoms with van der Waals surface area (Å²) in [4.78, 5) is 29.7. The lowest BCUT2D eigenvalue weighted by Gasteiger charge is -2.35. The van der Waals surface area contributed by atoms with E-state index in [4.69, 9.17) is 0 Å². The van der Waals surface area contributed by atoms with Gasteiger partial charge in [0.25, 0.3) is 11.6 Å². The summed E-state index contributed by atoms with van der Waals surface area (Å²) in [5, 5.41) is 10.8. The van der Waals surface area contributed by atoms with Gasteiger partial charge in [-0.2, -0.15) is 0 Å². The molecular formula is C20H23N3O3S. The Hall–Kier alpha value is -2.41. The van der Waals surface area contributed by atoms with E-state index in [1.807, 2.05) is 4.90 Å². The topological polar surface area (TPSA) is 66.7 Å². The number of aryl methyl sites for hydroxylation is 1. The van der Waals surface area contributed by atoms with Gasteiger partial charge < -0.3 is 9.80 Å². The standard InChI is InChI=1S/C20H23N3O3S/c1-14-2-7-18-15(12-14)13-19(27-18)20(24)22-10-8-21(9-11-22)16-3-5-17(6-4-16)23(25)26/h3-6,13-14H,2,7-12H2,1H3. The van der Waals surface area contributed by atoms with Crippen LogP contribution in [-0.2, 0) is 12.8 Å². The second-order valence-corrected chi connectivity index (χ2v) is 8.60. The molecule has 0 saturated carbocycles. The number of piperazine rings is 1. The molecule has 1 aromatic heterocycles. The number of nitro benzene ring substituents is 1. The Morgan fingerprint density at radius 2 is 1.89 bits per heavy atom. The SMILES string of the molecule is CC1CCc2sc(C(=O)N3CCN(c4ccc([N+](=O)[O-])cc4)CC3)cc2C1. The molecule has 1 aliphatic carbocycles. The molecule has 4 rings (SSSR count). The summed E-state index contributed by atoms with van der Waals surface area (Å²) in [7, 11) is 0. The fraction of sp³-hybridized carbons (Fsp3) is 0.450. The summed E-state index contributed by atoms with van der Waals surface area (Å²) in [5.74, 6) is 0.852. The van der Waals surface area contributed by atoms with Crippen LogP contribution in [0, 0.1) is 16.0 Å². The first-order chi connectivity index (χ1) is 13.0. The van der Waals surface area contributed by atoms with Crippen molar-refractivity contribution in [3.05, 3.63) is 55.8 Å². The number of nitro groups is 1. The number of non-ortho nitro benzene ring substituents is 1. The van der Waals surface area contributed by atoms with Crippen molar-refractivity contribution in [2.45, 2.75) is 26.2 Å². The fourth-order valence-electron chi connectivity index (χ4n) is 3.92. The molecule has 6 nitrogen and oxygen atoms in total. The zero-order valence-corrected chi connectivity index (χ0v) is 16.2. The summed E-state index contributed by atoms with van der Waals surface area (Å²) in [6.45, 7) is 5.11. The minimum atomic E-state index is -0.387. The molecule has 142 valence electrons. The number of rotatable bonds is 3. The fourth-order valence-corrected chi connectivity index (χ4v) is 5.10. The summed E-state index contributed by atoms with van der Waals surface area (Å²) in [6.07, 6.45) is 3.41. The molecule has 1 atom stereocenters. The summed E-state index contributed by atoms with van der Waals surface area (Å²) < 4.78 is 0. The summed E-state index contributed by atoms with van der Waals surface area (Å²) >= 11 is 1.67. The van der Waals surface area contributed by atoms with Crippen LogP contribution in [-0.4, -0.2) is 41.9 Å². The van der Waals surface area contributed by atoms with E-state index in [-0.39, 0.29) is 16.5 Å². The van der Waals surface area contributed by atoms with E-state index in [9.17, 15) is 14.9 Å². The number of hydrogen-bond acceptors (Lipinski definition) is 5. The Bertz CT molecular complexity index is 854. The van der Waals surface area contributed by atoms with E-state index >= 15 is 0 Å². The largest absolute Gasteiger partial charge is 0.368 e. The van der Waals surface area contributed by atoms with Crippen LogP contribution in [0.25, 0.3) is 0 Å². The third-order valence-electron chi connectivity index (χ3n) is 5.53. The average Bonchev–Trinajstić information content (AvgIpc) is 3.11. The van der Waals surface area contributed by atoms with Crippen molar-refractivity contribution in [3.8, 4) is 0 Å². The maximum atomic E-state index is 12.9. The number of carbonyl (C=O) groups excluding carboxylic acids is 1. The predicted octanol–water partition coefficient (Wildman–Crippen LogP) is 3.74. The van der Waals surface area contributed by atoms with Crippen LogP contribution in [0.15, 0.2) is 30.3 Å². The van der Waals surface area contributed by atoms with Crippen molar-refractivity contribution in [2.24, 2.45) is 5.92 Å². The normalized spacial score (nSPS) is 19.7. The smallest absolute Gasteiger partial charge is 0.269 e. The highest BCUT2D eigenvalue weighted by atomic mass is 32.1. The third kappa shape index (κ3) is 3.69. The van der Waals surface area contributed by atoms with Crippen LogP contribution in [0.3, 0.4) is 0 Å². The zero-order valence-electron chi connectivity index (χ0n) is 15.4. The Kier molecular flexibility index (Phi) is 4.86. The van der Waals surface area contributed by atoms with Gasteiger partial charge in [-0.05, 0) is 48.9 Å². The predicted molar refractivity (Wildman–Crippen MR) is 107 cm³/mol. The van der Waals surface area contributed by atoms with Crippen molar-refractivity contribution in [1.82, 2.24) is 4.90 Å². The van der Waals surface area contributed by atoms with E-state index in [0.717, 1.165) is 36.5 Å². The highest BCUT2D eigenvalue weighted by Gasteiger charge is 2.26. The van der Waals surface area contributed by atoms with Gasteiger partial charge in [-0.3, -0.25) is 14.9 Å². The highest BCUT2D eigenvalue weighted by molar-refractivity contribution is 7.14. The Morgan fingerprint density at radius 1 is 1.19 bits per heavy atom. The van der Waals surface area contributed by atoms with E-state index in [1.165, 1.54) is 29.0 Å². The number of fused-ring (bicyclic) bond motifs is 1. The van der Waals surface area contributed by atoms with Crippen molar-refractivity contribution in [3.63, 3.8) is 0 Å².